The van der Waals surface area contributed by atoms with E-state index >= 15 is 0 Å². The largest absolute Gasteiger partial charge is 0.459 e. The fourth-order valence-corrected chi connectivity index (χ4v) is 3.85. The lowest BCUT2D eigenvalue weighted by Crippen LogP contribution is -2.30. The molecule has 8 heteroatoms. The summed E-state index contributed by atoms with van der Waals surface area (Å²) in [5.74, 6) is 1.22. The number of fused-ring (bicyclic) bond motifs is 1. The lowest BCUT2D eigenvalue weighted by molar-refractivity contribution is 0.0932. The predicted molar refractivity (Wildman–Crippen MR) is 127 cm³/mol. The van der Waals surface area contributed by atoms with Crippen LogP contribution in [0.4, 0.5) is 5.69 Å². The fraction of sp³-hybridized carbons (Fsp3) is 0.208. The van der Waals surface area contributed by atoms with E-state index in [9.17, 15) is 9.59 Å². The average molecular weight is 449 g/mol. The van der Waals surface area contributed by atoms with Crippen molar-refractivity contribution in [1.29, 1.82) is 0 Å². The van der Waals surface area contributed by atoms with E-state index in [0.717, 1.165) is 34.6 Å². The molecule has 164 valence electrons. The van der Waals surface area contributed by atoms with Crippen LogP contribution < -0.4 is 10.6 Å². The third-order valence-electron chi connectivity index (χ3n) is 5.15. The van der Waals surface area contributed by atoms with Crippen LogP contribution >= 0.6 is 11.8 Å². The highest BCUT2D eigenvalue weighted by Gasteiger charge is 2.20. The number of H-pyrrole nitrogens is 1. The van der Waals surface area contributed by atoms with Gasteiger partial charge in [-0.2, -0.15) is 11.8 Å². The van der Waals surface area contributed by atoms with Gasteiger partial charge in [-0.3, -0.25) is 9.59 Å². The van der Waals surface area contributed by atoms with Crippen LogP contribution in [0.25, 0.3) is 11.0 Å². The molecule has 1 atom stereocenters. The number of carbonyl (C=O) groups excluding carboxylic acids is 2. The third kappa shape index (κ3) is 4.86. The minimum atomic E-state index is -0.365. The highest BCUT2D eigenvalue weighted by atomic mass is 32.2. The summed E-state index contributed by atoms with van der Waals surface area (Å²) in [6.45, 7) is 1.87. The van der Waals surface area contributed by atoms with E-state index in [4.69, 9.17) is 4.42 Å². The Bertz CT molecular complexity index is 1200. The van der Waals surface area contributed by atoms with Gasteiger partial charge < -0.3 is 20.0 Å². The first-order valence-electron chi connectivity index (χ1n) is 10.2. The summed E-state index contributed by atoms with van der Waals surface area (Å²) in [6, 6.07) is 16.0. The number of hydrogen-bond acceptors (Lipinski definition) is 5. The molecule has 0 unspecified atom stereocenters. The first-order chi connectivity index (χ1) is 15.5. The number of aryl methyl sites for hydroxylation is 1. The number of nitrogens with one attached hydrogen (secondary N) is 3. The van der Waals surface area contributed by atoms with E-state index in [2.05, 4.69) is 20.6 Å². The number of aromatic nitrogens is 2. The Morgan fingerprint density at radius 3 is 2.72 bits per heavy atom. The molecule has 0 radical (unpaired) electrons. The number of thioether (sulfide) groups is 1. The number of nitrogens with zero attached hydrogens (tertiary/aromatic N) is 1. The number of hydrogen-bond donors (Lipinski definition) is 3. The standard InChI is InChI=1S/C24H24N4O3S/c1-15-9-10-16(14-20(15)28-24(30)21-8-5-12-31-21)23(29)27-19(11-13-32-2)22-25-17-6-3-4-7-18(17)26-22/h3-10,12,14,19H,11,13H2,1-2H3,(H,25,26)(H,27,29)(H,28,30)/t19-/m0/s1. The van der Waals surface area contributed by atoms with E-state index in [1.54, 1.807) is 36.0 Å². The number of carbonyl (C=O) groups is 2. The number of imidazole rings is 1. The van der Waals surface area contributed by atoms with Crippen molar-refractivity contribution in [1.82, 2.24) is 15.3 Å². The van der Waals surface area contributed by atoms with Crippen molar-refractivity contribution >= 4 is 40.3 Å². The second-order valence-electron chi connectivity index (χ2n) is 7.41. The quantitative estimate of drug-likeness (QED) is 0.354. The van der Waals surface area contributed by atoms with Gasteiger partial charge in [-0.05, 0) is 67.3 Å². The van der Waals surface area contributed by atoms with Gasteiger partial charge in [0.15, 0.2) is 5.76 Å². The molecule has 3 N–H and O–H groups in total. The molecule has 0 aliphatic rings. The summed E-state index contributed by atoms with van der Waals surface area (Å²) in [4.78, 5) is 33.4. The zero-order valence-corrected chi connectivity index (χ0v) is 18.7. The van der Waals surface area contributed by atoms with Crippen molar-refractivity contribution in [3.8, 4) is 0 Å². The molecule has 0 aliphatic heterocycles. The Morgan fingerprint density at radius 2 is 1.97 bits per heavy atom. The Hall–Kier alpha value is -3.52. The Kier molecular flexibility index (Phi) is 6.61. The van der Waals surface area contributed by atoms with Gasteiger partial charge in [0.05, 0.1) is 23.3 Å². The van der Waals surface area contributed by atoms with Gasteiger partial charge in [0, 0.05) is 11.3 Å². The number of rotatable bonds is 8. The first-order valence-corrected chi connectivity index (χ1v) is 11.6. The maximum Gasteiger partial charge on any atom is 0.291 e. The third-order valence-corrected chi connectivity index (χ3v) is 5.79. The summed E-state index contributed by atoms with van der Waals surface area (Å²) in [5.41, 5.74) is 3.66. The van der Waals surface area contributed by atoms with Gasteiger partial charge in [-0.15, -0.1) is 0 Å². The number of furan rings is 1. The topological polar surface area (TPSA) is 100 Å². The van der Waals surface area contributed by atoms with Crippen molar-refractivity contribution in [2.24, 2.45) is 0 Å². The van der Waals surface area contributed by atoms with Gasteiger partial charge in [-0.25, -0.2) is 4.98 Å². The van der Waals surface area contributed by atoms with Gasteiger partial charge in [0.1, 0.15) is 5.82 Å². The van der Waals surface area contributed by atoms with Gasteiger partial charge in [-0.1, -0.05) is 18.2 Å². The minimum absolute atomic E-state index is 0.210. The maximum atomic E-state index is 13.1. The molecular formula is C24H24N4O3S. The zero-order valence-electron chi connectivity index (χ0n) is 17.8. The Balaban J connectivity index is 1.54. The molecule has 0 spiro atoms. The second-order valence-corrected chi connectivity index (χ2v) is 8.39. The smallest absolute Gasteiger partial charge is 0.291 e. The zero-order chi connectivity index (χ0) is 22.5. The lowest BCUT2D eigenvalue weighted by atomic mass is 10.1. The van der Waals surface area contributed by atoms with Crippen LogP contribution in [-0.4, -0.2) is 33.8 Å². The minimum Gasteiger partial charge on any atom is -0.459 e. The molecule has 0 aliphatic carbocycles. The maximum absolute atomic E-state index is 13.1. The SMILES string of the molecule is CSCC[C@H](NC(=O)c1ccc(C)c(NC(=O)c2ccco2)c1)c1nc2ccccc2[nH]1. The van der Waals surface area contributed by atoms with Crippen molar-refractivity contribution in [3.63, 3.8) is 0 Å². The first kappa shape index (κ1) is 21.7. The number of amides is 2. The van der Waals surface area contributed by atoms with Crippen LogP contribution in [0.3, 0.4) is 0 Å². The Labute approximate surface area is 190 Å². The molecule has 0 bridgehead atoms. The number of para-hydroxylation sites is 2. The number of benzene rings is 2. The molecule has 32 heavy (non-hydrogen) atoms. The van der Waals surface area contributed by atoms with Crippen LogP contribution in [0, 0.1) is 6.92 Å². The van der Waals surface area contributed by atoms with Crippen molar-refractivity contribution in [2.75, 3.05) is 17.3 Å². The van der Waals surface area contributed by atoms with E-state index in [1.807, 2.05) is 43.5 Å². The number of aromatic amines is 1. The van der Waals surface area contributed by atoms with Crippen molar-refractivity contribution in [2.45, 2.75) is 19.4 Å². The normalized spacial score (nSPS) is 11.9. The molecule has 2 heterocycles. The summed E-state index contributed by atoms with van der Waals surface area (Å²) < 4.78 is 5.15. The predicted octanol–water partition coefficient (Wildman–Crippen LogP) is 4.94. The monoisotopic (exact) mass is 448 g/mol. The molecule has 2 aromatic heterocycles. The van der Waals surface area contributed by atoms with E-state index in [-0.39, 0.29) is 23.6 Å². The molecule has 4 rings (SSSR count). The van der Waals surface area contributed by atoms with E-state index < -0.39 is 0 Å². The van der Waals surface area contributed by atoms with Crippen molar-refractivity contribution < 1.29 is 14.0 Å². The molecule has 2 amide bonds. The van der Waals surface area contributed by atoms with Gasteiger partial charge >= 0.3 is 0 Å². The highest BCUT2D eigenvalue weighted by molar-refractivity contribution is 7.98. The Morgan fingerprint density at radius 1 is 1.12 bits per heavy atom. The summed E-state index contributed by atoms with van der Waals surface area (Å²) in [5, 5.41) is 5.91. The fourth-order valence-electron chi connectivity index (χ4n) is 3.38. The molecule has 0 saturated heterocycles. The second kappa shape index (κ2) is 9.74. The van der Waals surface area contributed by atoms with Gasteiger partial charge in [0.2, 0.25) is 0 Å². The molecule has 4 aromatic rings. The van der Waals surface area contributed by atoms with Crippen molar-refractivity contribution in [3.05, 3.63) is 83.6 Å². The highest BCUT2D eigenvalue weighted by Crippen LogP contribution is 2.22. The summed E-state index contributed by atoms with van der Waals surface area (Å²) in [7, 11) is 0. The van der Waals surface area contributed by atoms with Crippen LogP contribution in [0.2, 0.25) is 0 Å². The van der Waals surface area contributed by atoms with E-state index in [0.29, 0.717) is 11.3 Å². The number of anilines is 1. The molecular weight excluding hydrogens is 424 g/mol. The molecule has 0 fully saturated rings. The van der Waals surface area contributed by atoms with Gasteiger partial charge in [0.25, 0.3) is 11.8 Å². The van der Waals surface area contributed by atoms with E-state index in [1.165, 1.54) is 6.26 Å². The lowest BCUT2D eigenvalue weighted by Gasteiger charge is -2.17. The molecule has 0 saturated carbocycles. The molecule has 2 aromatic carbocycles. The summed E-state index contributed by atoms with van der Waals surface area (Å²) in [6.07, 6.45) is 4.21. The average Bonchev–Trinajstić information content (AvgIpc) is 3.48. The summed E-state index contributed by atoms with van der Waals surface area (Å²) >= 11 is 1.71. The van der Waals surface area contributed by atoms with Crippen LogP contribution in [0.5, 0.6) is 0 Å². The van der Waals surface area contributed by atoms with Crippen LogP contribution in [0.1, 0.15) is 44.8 Å². The molecule has 7 nitrogen and oxygen atoms in total. The van der Waals surface area contributed by atoms with Crippen LogP contribution in [0.15, 0.2) is 65.3 Å². The van der Waals surface area contributed by atoms with Crippen LogP contribution in [-0.2, 0) is 0 Å².